The van der Waals surface area contributed by atoms with E-state index in [0.717, 1.165) is 25.9 Å². The predicted octanol–water partition coefficient (Wildman–Crippen LogP) is 0.559. The van der Waals surface area contributed by atoms with Gasteiger partial charge in [-0.05, 0) is 11.1 Å². The molecule has 0 fully saturated rings. The van der Waals surface area contributed by atoms with Gasteiger partial charge in [0.05, 0.1) is 51.1 Å². The van der Waals surface area contributed by atoms with Crippen LogP contribution in [0, 0.1) is 20.2 Å². The van der Waals surface area contributed by atoms with E-state index >= 15 is 0 Å². The number of quaternary nitrogens is 2. The topological polar surface area (TPSA) is 211 Å². The van der Waals surface area contributed by atoms with E-state index in [2.05, 4.69) is 62.6 Å². The summed E-state index contributed by atoms with van der Waals surface area (Å²) in [5.41, 5.74) is 0.352. The molecule has 2 rings (SSSR count). The average molecular weight is 677 g/mol. The van der Waals surface area contributed by atoms with Crippen LogP contribution in [-0.2, 0) is 16.5 Å². The Balaban J connectivity index is -0.000000616. The van der Waals surface area contributed by atoms with Gasteiger partial charge < -0.3 is 30.8 Å². The zero-order chi connectivity index (χ0) is 32.5. The van der Waals surface area contributed by atoms with Crippen LogP contribution in [0.15, 0.2) is 46.4 Å². The molecule has 0 saturated carbocycles. The summed E-state index contributed by atoms with van der Waals surface area (Å²) in [5.74, 6) is -0.495. The van der Waals surface area contributed by atoms with Crippen molar-refractivity contribution in [3.05, 3.63) is 78.6 Å². The fourth-order valence-electron chi connectivity index (χ4n) is 2.87. The monoisotopic (exact) mass is 676 g/mol. The molecule has 0 radical (unpaired) electrons. The van der Waals surface area contributed by atoms with E-state index in [1.54, 1.807) is 0 Å². The van der Waals surface area contributed by atoms with Crippen molar-refractivity contribution in [3.8, 4) is 11.5 Å². The molecule has 0 bridgehead atoms. The van der Waals surface area contributed by atoms with E-state index in [0.29, 0.717) is 13.1 Å². The summed E-state index contributed by atoms with van der Waals surface area (Å²) in [5, 5.41) is 61.0. The molecule has 2 aromatic rings. The van der Waals surface area contributed by atoms with Crippen molar-refractivity contribution in [2.75, 3.05) is 54.4 Å². The quantitative estimate of drug-likeness (QED) is 0.0808. The minimum atomic E-state index is -0.522. The Morgan fingerprint density at radius 1 is 0.767 bits per heavy atom. The fraction of sp³-hybridized carbons (Fsp3) is 0.385. The molecule has 0 amide bonds. The molecule has 14 nitrogen and oxygen atoms in total. The van der Waals surface area contributed by atoms with Crippen molar-refractivity contribution in [2.45, 2.75) is 12.8 Å². The van der Waals surface area contributed by atoms with E-state index < -0.39 is 9.85 Å². The molecule has 0 aliphatic rings. The number of aliphatic imine (C=N–C) groups is 2. The zero-order valence-electron chi connectivity index (χ0n) is 24.1. The molecule has 0 aliphatic carbocycles. The van der Waals surface area contributed by atoms with Crippen molar-refractivity contribution in [3.63, 3.8) is 0 Å². The fourth-order valence-corrected chi connectivity index (χ4v) is 2.87. The number of benzene rings is 2. The van der Waals surface area contributed by atoms with E-state index in [-0.39, 0.29) is 50.5 Å². The molecule has 2 aromatic carbocycles. The summed E-state index contributed by atoms with van der Waals surface area (Å²) in [4.78, 5) is 31.0. The van der Waals surface area contributed by atoms with Gasteiger partial charge in [-0.1, -0.05) is 48.1 Å². The number of nitrogens with one attached hydrogen (secondary N) is 2. The van der Waals surface area contributed by atoms with Crippen LogP contribution < -0.4 is 20.0 Å². The van der Waals surface area contributed by atoms with Gasteiger partial charge in [-0.2, -0.15) is 10.3 Å². The molecule has 0 heterocycles. The summed E-state index contributed by atoms with van der Waals surface area (Å²) >= 11 is 7.40. The van der Waals surface area contributed by atoms with E-state index in [4.69, 9.17) is 10.8 Å². The van der Waals surface area contributed by atoms with Crippen LogP contribution in [0.2, 0.25) is 0 Å². The van der Waals surface area contributed by atoms with Gasteiger partial charge in [-0.3, -0.25) is 30.2 Å². The number of nitro groups is 2. The summed E-state index contributed by atoms with van der Waals surface area (Å²) in [6, 6.07) is 7.31. The van der Waals surface area contributed by atoms with Crippen LogP contribution in [0.3, 0.4) is 0 Å². The van der Waals surface area contributed by atoms with Crippen LogP contribution in [0.1, 0.15) is 24.0 Å². The first kappa shape index (κ1) is 43.6. The van der Waals surface area contributed by atoms with Crippen molar-refractivity contribution in [1.29, 1.82) is 0 Å². The molecule has 0 unspecified atom stereocenters. The summed E-state index contributed by atoms with van der Waals surface area (Å²) < 4.78 is 0. The number of hydrogen-bond donors (Lipinski definition) is 2. The van der Waals surface area contributed by atoms with Crippen LogP contribution >= 0.6 is 24.4 Å². The first-order valence-corrected chi connectivity index (χ1v) is 13.2. The molecule has 2 N–H and O–H groups in total. The molecule has 43 heavy (non-hydrogen) atoms. The number of hydrogen-bond acceptors (Lipinski definition) is 10. The van der Waals surface area contributed by atoms with Gasteiger partial charge >= 0.3 is 16.5 Å². The molecule has 0 aromatic heterocycles. The minimum Gasteiger partial charge on any atom is -0.872 e. The third-order valence-corrected chi connectivity index (χ3v) is 4.80. The molecule has 236 valence electrons. The molecular weight excluding hydrogens is 643 g/mol. The molecule has 0 atom stereocenters. The van der Waals surface area contributed by atoms with Gasteiger partial charge in [0.15, 0.2) is 0 Å². The number of nitrogens with zero attached hydrogens (tertiary/aromatic N) is 6. The van der Waals surface area contributed by atoms with Gasteiger partial charge in [0.1, 0.15) is 0 Å². The molecule has 0 spiro atoms. The van der Waals surface area contributed by atoms with Gasteiger partial charge in [0.25, 0.3) is 11.4 Å². The van der Waals surface area contributed by atoms with Crippen LogP contribution in [0.4, 0.5) is 11.4 Å². The smallest absolute Gasteiger partial charge is 0.872 e. The van der Waals surface area contributed by atoms with Crippen LogP contribution in [-0.4, -0.2) is 87.0 Å². The van der Waals surface area contributed by atoms with Gasteiger partial charge in [-0.15, -0.1) is 0 Å². The van der Waals surface area contributed by atoms with Gasteiger partial charge in [0, 0.05) is 62.6 Å². The second-order valence-electron chi connectivity index (χ2n) is 8.83. The van der Waals surface area contributed by atoms with Crippen molar-refractivity contribution in [1.82, 2.24) is 0 Å². The Bertz CT molecular complexity index is 1150. The number of non-ortho nitro benzene ring substituents is 2. The number of isothiocyanates is 2. The molecule has 17 heteroatoms. The number of nitro benzene ring substituents is 2. The van der Waals surface area contributed by atoms with Gasteiger partial charge in [0.2, 0.25) is 0 Å². The van der Waals surface area contributed by atoms with E-state index in [1.807, 2.05) is 0 Å². The largest absolute Gasteiger partial charge is 2.00 e. The first-order chi connectivity index (χ1) is 19.8. The Morgan fingerprint density at radius 2 is 1.07 bits per heavy atom. The number of rotatable bonds is 12. The Kier molecular flexibility index (Phi) is 27.5. The maximum absolute atomic E-state index is 11.4. The summed E-state index contributed by atoms with van der Waals surface area (Å²) in [6.07, 6.45) is 4.67. The Labute approximate surface area is 271 Å². The van der Waals surface area contributed by atoms with Crippen molar-refractivity contribution in [2.24, 2.45) is 9.98 Å². The molecule has 0 aliphatic heterocycles. The van der Waals surface area contributed by atoms with Crippen molar-refractivity contribution < 1.29 is 46.4 Å². The normalized spacial score (nSPS) is 9.81. The second kappa shape index (κ2) is 27.1. The third kappa shape index (κ3) is 23.4. The average Bonchev–Trinajstić information content (AvgIpc) is 2.91. The second-order valence-corrected chi connectivity index (χ2v) is 9.20. The summed E-state index contributed by atoms with van der Waals surface area (Å²) in [6.45, 7) is 3.23. The van der Waals surface area contributed by atoms with E-state index in [9.17, 15) is 30.4 Å². The minimum absolute atomic E-state index is 0. The molecule has 0 saturated heterocycles. The van der Waals surface area contributed by atoms with Crippen LogP contribution in [0.25, 0.3) is 10.8 Å². The van der Waals surface area contributed by atoms with Crippen LogP contribution in [0.5, 0.6) is 11.5 Å². The summed E-state index contributed by atoms with van der Waals surface area (Å²) in [7, 11) is 8.22. The zero-order valence-corrected chi connectivity index (χ0v) is 26.7. The predicted molar refractivity (Wildman–Crippen MR) is 167 cm³/mol. The first-order valence-electron chi connectivity index (χ1n) is 12.4. The Hall–Kier alpha value is -3.81. The SMILES string of the molecule is C[NH+](C)CCCN=Cc1cc([N+](=O)[O-])ccc1[O-].C[NH+](C)CCCN=Cc1cc([N+](=O)[O-])ccc1[O-].[N-]=C=S.[N-]=C=S.[Ni+2]. The standard InChI is InChI=1S/2C12H17N3O3.2CNS.Ni/c2*1-14(2)7-3-6-13-9-10-8-11(15(17)18)4-5-12(10)16;2*2-1-3;/h2*4-5,8-9,16H,3,6-7H2,1-2H3;;;/q;;2*-1;+2. The van der Waals surface area contributed by atoms with Crippen molar-refractivity contribution >= 4 is 58.6 Å². The maximum atomic E-state index is 11.4. The maximum Gasteiger partial charge on any atom is 2.00 e. The third-order valence-electron chi connectivity index (χ3n) is 4.80. The number of thiocarbonyl (C=S) groups is 2. The molecular formula is C26H34N8NiO6S2. The van der Waals surface area contributed by atoms with Gasteiger partial charge in [-0.25, -0.2) is 0 Å². The van der Waals surface area contributed by atoms with E-state index in [1.165, 1.54) is 68.9 Å². The Morgan fingerprint density at radius 3 is 1.33 bits per heavy atom.